The van der Waals surface area contributed by atoms with Crippen molar-refractivity contribution in [3.8, 4) is 0 Å². The number of carbonyl (C=O) groups is 13. The molecule has 0 heterocycles. The van der Waals surface area contributed by atoms with Crippen molar-refractivity contribution >= 4 is 77.1 Å². The second-order valence-corrected chi connectivity index (χ2v) is 53.8. The second-order valence-electron chi connectivity index (χ2n) is 53.8. The lowest BCUT2D eigenvalue weighted by Crippen LogP contribution is -2.58. The Labute approximate surface area is 840 Å². The lowest BCUT2D eigenvalue weighted by Gasteiger charge is -2.62. The zero-order chi connectivity index (χ0) is 103. The third kappa shape index (κ3) is 20.6. The standard InChI is InChI=1S/C21H32O4.C21H30O4.C20H32O3.2C20H30O3.C19H28O2/c2*1-19(2)9-5-10-20(3)15(19)8-11-21(13-22)16(20)7-6-14(12-17(21)23)18(24)25-4;3*1-19(2)10-5-11-20(3)15-8-6-13(18(22)23-4)12-16(21)14(15)7-9-17(19)20;1-18(2)9-4-10-19(3)15-7-5-13(12-20)11-16(21)14(15)6-8-17(18)19/h6,15-16,22H,5,7-13H2,1-4H3;6,13,15-16H,5,7-12H2,1-4H3;13-15,17H,5-12H2,1-4H3;12,14-15,17H,5-11H2,1-4H3;6,14-15,17H,5,7-12H2,1-4H3;5,12,14-15,17H,4,6-11H2,1-3H3. The van der Waals surface area contributed by atoms with E-state index in [2.05, 4.69) is 131 Å². The van der Waals surface area contributed by atoms with Gasteiger partial charge in [-0.15, -0.1) is 0 Å². The Balaban J connectivity index is 0.000000142. The molecule has 0 spiro atoms. The van der Waals surface area contributed by atoms with E-state index in [-0.39, 0.29) is 152 Å². The first-order valence-corrected chi connectivity index (χ1v) is 55.3. The minimum Gasteiger partial charge on any atom is -0.469 e. The van der Waals surface area contributed by atoms with E-state index in [1.54, 1.807) is 6.08 Å². The highest BCUT2D eigenvalue weighted by Crippen LogP contribution is 2.72. The molecule has 18 rings (SSSR count). The second kappa shape index (κ2) is 42.3. The molecule has 19 heteroatoms. The molecule has 19 nitrogen and oxygen atoms in total. The zero-order valence-electron chi connectivity index (χ0n) is 90.8. The molecule has 0 aromatic heterocycles. The third-order valence-electron chi connectivity index (χ3n) is 44.5. The number of aliphatic hydroxyl groups is 1. The minimum absolute atomic E-state index is 0.0199. The SMILES string of the molecule is CC1(C)CCCC2(C)C3CC=C(C=O)CC(=O)C3CCC12.COC(=O)C1=CC(=O)C2CCC3C(C)(C)CCCC3(C)C2CC1.COC(=O)C1=CCC2C(C=O)(CCC3C(C)(C)CCCC32C)C(=O)C1.COC(=O)C1=CCC2C(CCC3C(C)(C)CCCC23C)C(=O)C1.COC(=O)C1=CCC2C(CO)(CCC3C(C)(C)CCCC32C)C(=O)C1.COC(=O)C1CCC2C(CCC3C(C)(C)CCCC23C)C(=O)C1. The molecule has 13 saturated carbocycles. The van der Waals surface area contributed by atoms with E-state index in [1.807, 2.05) is 18.2 Å². The summed E-state index contributed by atoms with van der Waals surface area (Å²) in [4.78, 5) is 160. The fraction of sp³-hybridized carbons (Fsp3) is 0.810. The van der Waals surface area contributed by atoms with Crippen LogP contribution in [0.15, 0.2) is 58.2 Å². The molecule has 0 aromatic rings. The maximum atomic E-state index is 13.2. The summed E-state index contributed by atoms with van der Waals surface area (Å²) in [7, 11) is 6.92. The Morgan fingerprint density at radius 3 is 1.10 bits per heavy atom. The summed E-state index contributed by atoms with van der Waals surface area (Å²) in [5, 5.41) is 10.3. The van der Waals surface area contributed by atoms with E-state index >= 15 is 0 Å². The number of aliphatic hydroxyl groups excluding tert-OH is 1. The summed E-state index contributed by atoms with van der Waals surface area (Å²) < 4.78 is 24.3. The molecule has 780 valence electrons. The fourth-order valence-corrected chi connectivity index (χ4v) is 37.7. The Kier molecular flexibility index (Phi) is 33.4. The van der Waals surface area contributed by atoms with E-state index in [0.717, 1.165) is 128 Å². The first kappa shape index (κ1) is 111. The van der Waals surface area contributed by atoms with Crippen molar-refractivity contribution in [2.45, 2.75) is 401 Å². The molecule has 0 radical (unpaired) electrons. The summed E-state index contributed by atoms with van der Waals surface area (Å²) in [6.07, 6.45) is 53.0. The summed E-state index contributed by atoms with van der Waals surface area (Å²) in [6, 6.07) is 0. The average Bonchev–Trinajstić information content (AvgIpc) is 1.29. The van der Waals surface area contributed by atoms with Gasteiger partial charge in [-0.2, -0.15) is 0 Å². The van der Waals surface area contributed by atoms with Crippen molar-refractivity contribution in [1.29, 1.82) is 0 Å². The molecular weight excluding hydrogens is 1760 g/mol. The van der Waals surface area contributed by atoms with Gasteiger partial charge in [0, 0.05) is 78.1 Å². The molecule has 0 bridgehead atoms. The number of hydrogen-bond acceptors (Lipinski definition) is 19. The lowest BCUT2D eigenvalue weighted by molar-refractivity contribution is -0.166. The first-order valence-electron chi connectivity index (χ1n) is 55.3. The molecule has 140 heavy (non-hydrogen) atoms. The van der Waals surface area contributed by atoms with Gasteiger partial charge in [0.05, 0.1) is 58.9 Å². The zero-order valence-corrected chi connectivity index (χ0v) is 90.8. The fourth-order valence-electron chi connectivity index (χ4n) is 37.7. The lowest BCUT2D eigenvalue weighted by atomic mass is 9.42. The van der Waals surface area contributed by atoms with Crippen LogP contribution >= 0.6 is 0 Å². The number of hydrogen-bond donors (Lipinski definition) is 1. The predicted molar refractivity (Wildman–Crippen MR) is 544 cm³/mol. The summed E-state index contributed by atoms with van der Waals surface area (Å²) in [5.41, 5.74) is 4.08. The maximum Gasteiger partial charge on any atom is 0.333 e. The number of methoxy groups -OCH3 is 5. The quantitative estimate of drug-likeness (QED) is 0.102. The highest BCUT2D eigenvalue weighted by molar-refractivity contribution is 6.05. The Morgan fingerprint density at radius 2 is 0.679 bits per heavy atom. The van der Waals surface area contributed by atoms with Crippen molar-refractivity contribution in [1.82, 2.24) is 0 Å². The molecule has 0 aromatic carbocycles. The molecule has 1 N–H and O–H groups in total. The molecule has 18 aliphatic carbocycles. The third-order valence-corrected chi connectivity index (χ3v) is 44.5. The van der Waals surface area contributed by atoms with Crippen LogP contribution in [-0.4, -0.2) is 124 Å². The Morgan fingerprint density at radius 1 is 0.329 bits per heavy atom. The number of carbonyl (C=O) groups excluding carboxylic acids is 13. The van der Waals surface area contributed by atoms with E-state index < -0.39 is 22.8 Å². The molecule has 25 unspecified atom stereocenters. The number of Topliss-reactive ketones (excluding diaryl/α,β-unsaturated/α-hetero) is 5. The van der Waals surface area contributed by atoms with E-state index in [9.17, 15) is 67.4 Å². The van der Waals surface area contributed by atoms with Crippen LogP contribution in [0, 0.1) is 176 Å². The number of esters is 5. The van der Waals surface area contributed by atoms with E-state index in [1.165, 1.54) is 145 Å². The van der Waals surface area contributed by atoms with Crippen molar-refractivity contribution in [2.75, 3.05) is 42.2 Å². The highest BCUT2D eigenvalue weighted by Gasteiger charge is 2.67. The van der Waals surface area contributed by atoms with Crippen molar-refractivity contribution in [3.05, 3.63) is 58.2 Å². The summed E-state index contributed by atoms with van der Waals surface area (Å²) in [6.45, 7) is 42.9. The number of rotatable bonds is 8. The summed E-state index contributed by atoms with van der Waals surface area (Å²) >= 11 is 0. The molecule has 25 atom stereocenters. The van der Waals surface area contributed by atoms with Gasteiger partial charge in [-0.25, -0.2) is 19.2 Å². The van der Waals surface area contributed by atoms with Crippen LogP contribution in [0.5, 0.6) is 0 Å². The largest absolute Gasteiger partial charge is 0.469 e. The van der Waals surface area contributed by atoms with Gasteiger partial charge in [-0.1, -0.05) is 187 Å². The number of ether oxygens (including phenoxy) is 5. The predicted octanol–water partition coefficient (Wildman–Crippen LogP) is 24.9. The van der Waals surface area contributed by atoms with Crippen LogP contribution < -0.4 is 0 Å². The van der Waals surface area contributed by atoms with E-state index in [4.69, 9.17) is 23.7 Å². The van der Waals surface area contributed by atoms with Crippen LogP contribution in [0.4, 0.5) is 0 Å². The molecule has 18 aliphatic rings. The van der Waals surface area contributed by atoms with Crippen LogP contribution in [0.2, 0.25) is 0 Å². The normalized spacial score (nSPS) is 40.8. The molecule has 0 saturated heterocycles. The van der Waals surface area contributed by atoms with E-state index in [0.29, 0.717) is 153 Å². The molecular formula is C121H182O19. The van der Waals surface area contributed by atoms with Crippen LogP contribution in [0.1, 0.15) is 401 Å². The van der Waals surface area contributed by atoms with Crippen LogP contribution in [0.3, 0.4) is 0 Å². The summed E-state index contributed by atoms with van der Waals surface area (Å²) in [5.74, 6) is 5.32. The highest BCUT2D eigenvalue weighted by atomic mass is 16.5. The molecule has 0 aliphatic heterocycles. The smallest absolute Gasteiger partial charge is 0.333 e. The number of allylic oxidation sites excluding steroid dienone is 6. The number of fused-ring (bicyclic) bond motifs is 18. The topological polar surface area (TPSA) is 288 Å². The first-order chi connectivity index (χ1) is 65.7. The Hall–Kier alpha value is -6.63. The van der Waals surface area contributed by atoms with Gasteiger partial charge in [-0.3, -0.25) is 38.4 Å². The van der Waals surface area contributed by atoms with Gasteiger partial charge < -0.3 is 33.6 Å². The Bertz CT molecular complexity index is 4800. The van der Waals surface area contributed by atoms with Crippen molar-refractivity contribution in [3.63, 3.8) is 0 Å². The van der Waals surface area contributed by atoms with Crippen molar-refractivity contribution < 1.29 is 91.1 Å². The maximum absolute atomic E-state index is 13.2. The van der Waals surface area contributed by atoms with Gasteiger partial charge >= 0.3 is 29.8 Å². The van der Waals surface area contributed by atoms with Gasteiger partial charge in [0.1, 0.15) is 35.7 Å². The average molecular weight is 1940 g/mol. The van der Waals surface area contributed by atoms with Crippen LogP contribution in [0.25, 0.3) is 0 Å². The van der Waals surface area contributed by atoms with Gasteiger partial charge in [0.15, 0.2) is 11.6 Å². The number of ketones is 6. The monoisotopic (exact) mass is 1940 g/mol. The molecule has 0 amide bonds. The van der Waals surface area contributed by atoms with Crippen LogP contribution in [-0.2, 0) is 86.0 Å². The van der Waals surface area contributed by atoms with Gasteiger partial charge in [0.25, 0.3) is 0 Å². The van der Waals surface area contributed by atoms with Crippen molar-refractivity contribution in [2.24, 2.45) is 176 Å². The molecule has 13 fully saturated rings. The minimum atomic E-state index is -0.940. The van der Waals surface area contributed by atoms with Gasteiger partial charge in [-0.05, 0) is 353 Å². The number of aldehydes is 2. The van der Waals surface area contributed by atoms with Gasteiger partial charge in [0.2, 0.25) is 0 Å².